The number of aromatic nitrogens is 3. The summed E-state index contributed by atoms with van der Waals surface area (Å²) in [5, 5.41) is 22.2. The number of likely N-dealkylation sites (tertiary alicyclic amines) is 2. The summed E-state index contributed by atoms with van der Waals surface area (Å²) in [4.78, 5) is 29.5. The topological polar surface area (TPSA) is 112 Å². The summed E-state index contributed by atoms with van der Waals surface area (Å²) in [7, 11) is 0. The number of halogens is 1. The van der Waals surface area contributed by atoms with Crippen LogP contribution in [0.2, 0.25) is 5.02 Å². The van der Waals surface area contributed by atoms with Crippen LogP contribution >= 0.6 is 11.6 Å². The number of carbonyl (C=O) groups excluding carboxylic acids is 1. The van der Waals surface area contributed by atoms with Crippen molar-refractivity contribution in [1.29, 1.82) is 0 Å². The highest BCUT2D eigenvalue weighted by Crippen LogP contribution is 2.40. The molecule has 9 nitrogen and oxygen atoms in total. The number of carbonyl (C=O) groups is 2. The molecule has 10 heteroatoms. The number of aliphatic hydroxyl groups excluding tert-OH is 1. The first-order valence-electron chi connectivity index (χ1n) is 10.8. The summed E-state index contributed by atoms with van der Waals surface area (Å²) in [6, 6.07) is 5.32. The molecule has 2 saturated heterocycles. The van der Waals surface area contributed by atoms with Gasteiger partial charge < -0.3 is 20.0 Å². The monoisotopic (exact) mass is 463 g/mol. The molecule has 4 rings (SSSR count). The van der Waals surface area contributed by atoms with E-state index in [9.17, 15) is 9.90 Å². The molecule has 1 amide bonds. The zero-order valence-electron chi connectivity index (χ0n) is 18.0. The Kier molecular flexibility index (Phi) is 8.60. The molecule has 2 fully saturated rings. The quantitative estimate of drug-likeness (QED) is 0.652. The molecule has 2 aliphatic rings. The van der Waals surface area contributed by atoms with E-state index >= 15 is 0 Å². The molecule has 0 aliphatic carbocycles. The van der Waals surface area contributed by atoms with Gasteiger partial charge in [-0.15, -0.1) is 0 Å². The van der Waals surface area contributed by atoms with Crippen molar-refractivity contribution in [2.45, 2.75) is 38.3 Å². The number of aliphatic hydroxyl groups is 1. The predicted octanol–water partition coefficient (Wildman–Crippen LogP) is 2.01. The molecule has 32 heavy (non-hydrogen) atoms. The standard InChI is InChI=1S/C21H28ClN5O2.CH2O2/c22-17-3-4-19(23-14-17)20(29)26-11-5-21(6-12-26)13-18(28)15-25(16-21)8-2-10-27-9-1-7-24-27;2-1-3/h1,3-4,7,9,14,18,28H,2,5-6,8,10-13,15-16H2;1H,(H,2,3). The van der Waals surface area contributed by atoms with Crippen LogP contribution in [0.25, 0.3) is 0 Å². The summed E-state index contributed by atoms with van der Waals surface area (Å²) >= 11 is 5.87. The number of piperidine rings is 2. The predicted molar refractivity (Wildman–Crippen MR) is 119 cm³/mol. The number of hydrogen-bond acceptors (Lipinski definition) is 6. The molecule has 0 saturated carbocycles. The van der Waals surface area contributed by atoms with Gasteiger partial charge in [0.1, 0.15) is 5.69 Å². The lowest BCUT2D eigenvalue weighted by atomic mass is 9.71. The Hall–Kier alpha value is -2.49. The van der Waals surface area contributed by atoms with Crippen LogP contribution in [0.4, 0.5) is 0 Å². The Morgan fingerprint density at radius 3 is 2.66 bits per heavy atom. The first kappa shape index (κ1) is 24.2. The van der Waals surface area contributed by atoms with Gasteiger partial charge in [0, 0.05) is 57.9 Å². The molecular formula is C22H30ClN5O4. The van der Waals surface area contributed by atoms with Gasteiger partial charge in [-0.3, -0.25) is 14.3 Å². The molecule has 1 spiro atoms. The molecule has 174 valence electrons. The van der Waals surface area contributed by atoms with Crippen molar-refractivity contribution in [3.8, 4) is 0 Å². The van der Waals surface area contributed by atoms with Crippen LogP contribution in [-0.2, 0) is 11.3 Å². The van der Waals surface area contributed by atoms with Gasteiger partial charge >= 0.3 is 0 Å². The molecule has 4 heterocycles. The third-order valence-electron chi connectivity index (χ3n) is 6.18. The lowest BCUT2D eigenvalue weighted by Gasteiger charge is -2.49. The van der Waals surface area contributed by atoms with Crippen molar-refractivity contribution < 1.29 is 19.8 Å². The minimum absolute atomic E-state index is 0.0380. The maximum absolute atomic E-state index is 12.7. The van der Waals surface area contributed by atoms with Crippen LogP contribution in [0, 0.1) is 5.41 Å². The van der Waals surface area contributed by atoms with E-state index in [0.717, 1.165) is 51.9 Å². The highest BCUT2D eigenvalue weighted by atomic mass is 35.5. The van der Waals surface area contributed by atoms with E-state index in [-0.39, 0.29) is 23.9 Å². The van der Waals surface area contributed by atoms with Crippen molar-refractivity contribution in [2.24, 2.45) is 5.41 Å². The van der Waals surface area contributed by atoms with Crippen molar-refractivity contribution in [2.75, 3.05) is 32.7 Å². The van der Waals surface area contributed by atoms with Crippen LogP contribution in [0.15, 0.2) is 36.8 Å². The molecular weight excluding hydrogens is 434 g/mol. The highest BCUT2D eigenvalue weighted by molar-refractivity contribution is 6.30. The number of amides is 1. The van der Waals surface area contributed by atoms with Gasteiger partial charge in [-0.25, -0.2) is 4.98 Å². The Morgan fingerprint density at radius 1 is 1.28 bits per heavy atom. The second kappa shape index (κ2) is 11.4. The van der Waals surface area contributed by atoms with E-state index in [2.05, 4.69) is 15.0 Å². The van der Waals surface area contributed by atoms with Crippen molar-refractivity contribution in [3.05, 3.63) is 47.5 Å². The molecule has 0 aromatic carbocycles. The molecule has 2 N–H and O–H groups in total. The summed E-state index contributed by atoms with van der Waals surface area (Å²) in [6.45, 7) is 4.73. The van der Waals surface area contributed by atoms with Gasteiger partial charge in [-0.1, -0.05) is 11.6 Å². The van der Waals surface area contributed by atoms with Crippen LogP contribution in [-0.4, -0.2) is 86.0 Å². The highest BCUT2D eigenvalue weighted by Gasteiger charge is 2.42. The number of carboxylic acid groups (broad SMARTS) is 1. The third-order valence-corrected chi connectivity index (χ3v) is 6.40. The molecule has 0 bridgehead atoms. The number of nitrogens with zero attached hydrogens (tertiary/aromatic N) is 5. The first-order valence-corrected chi connectivity index (χ1v) is 11.2. The molecule has 2 aromatic heterocycles. The maximum Gasteiger partial charge on any atom is 0.290 e. The lowest BCUT2D eigenvalue weighted by Crippen LogP contribution is -2.54. The Labute approximate surface area is 192 Å². The van der Waals surface area contributed by atoms with E-state index in [1.54, 1.807) is 18.3 Å². The van der Waals surface area contributed by atoms with Gasteiger partial charge in [-0.2, -0.15) is 5.10 Å². The van der Waals surface area contributed by atoms with Gasteiger partial charge in [-0.05, 0) is 49.3 Å². The van der Waals surface area contributed by atoms with Crippen molar-refractivity contribution in [1.82, 2.24) is 24.6 Å². The smallest absolute Gasteiger partial charge is 0.290 e. The van der Waals surface area contributed by atoms with E-state index in [1.165, 1.54) is 6.20 Å². The number of rotatable bonds is 5. The average Bonchev–Trinajstić information content (AvgIpc) is 3.28. The third kappa shape index (κ3) is 6.51. The second-order valence-corrected chi connectivity index (χ2v) is 8.91. The molecule has 1 atom stereocenters. The van der Waals surface area contributed by atoms with E-state index in [1.807, 2.05) is 21.8 Å². The van der Waals surface area contributed by atoms with E-state index in [0.29, 0.717) is 23.8 Å². The lowest BCUT2D eigenvalue weighted by molar-refractivity contribution is -0.122. The Balaban J connectivity index is 0.000000913. The fourth-order valence-corrected chi connectivity index (χ4v) is 4.85. The summed E-state index contributed by atoms with van der Waals surface area (Å²) < 4.78 is 1.95. The SMILES string of the molecule is O=C(c1ccc(Cl)cn1)N1CCC2(CC1)CC(O)CN(CCCn1cccn1)C2.O=CO. The fourth-order valence-electron chi connectivity index (χ4n) is 4.74. The summed E-state index contributed by atoms with van der Waals surface area (Å²) in [5.41, 5.74) is 0.530. The largest absolute Gasteiger partial charge is 0.483 e. The van der Waals surface area contributed by atoms with Gasteiger partial charge in [0.2, 0.25) is 0 Å². The van der Waals surface area contributed by atoms with Gasteiger partial charge in [0.25, 0.3) is 12.4 Å². The Morgan fingerprint density at radius 2 is 2.03 bits per heavy atom. The molecule has 1 unspecified atom stereocenters. The number of hydrogen-bond donors (Lipinski definition) is 2. The van der Waals surface area contributed by atoms with Crippen LogP contribution in [0.5, 0.6) is 0 Å². The van der Waals surface area contributed by atoms with E-state index in [4.69, 9.17) is 21.5 Å². The molecule has 2 aliphatic heterocycles. The minimum Gasteiger partial charge on any atom is -0.483 e. The zero-order chi connectivity index (χ0) is 23.0. The molecule has 0 radical (unpaired) electrons. The van der Waals surface area contributed by atoms with Gasteiger partial charge in [0.15, 0.2) is 0 Å². The van der Waals surface area contributed by atoms with Crippen LogP contribution in [0.3, 0.4) is 0 Å². The maximum atomic E-state index is 12.7. The normalized spacial score (nSPS) is 20.4. The van der Waals surface area contributed by atoms with Crippen LogP contribution < -0.4 is 0 Å². The summed E-state index contributed by atoms with van der Waals surface area (Å²) in [5.74, 6) is -0.0380. The van der Waals surface area contributed by atoms with E-state index < -0.39 is 0 Å². The fraction of sp³-hybridized carbons (Fsp3) is 0.545. The minimum atomic E-state index is -0.298. The number of β-amino-alcohol motifs (C(OH)–C–C–N with tert-alkyl or cyclic N) is 1. The van der Waals surface area contributed by atoms with Crippen LogP contribution in [0.1, 0.15) is 36.2 Å². The van der Waals surface area contributed by atoms with Gasteiger partial charge in [0.05, 0.1) is 11.1 Å². The first-order chi connectivity index (χ1) is 15.4. The average molecular weight is 464 g/mol. The zero-order valence-corrected chi connectivity index (χ0v) is 18.8. The summed E-state index contributed by atoms with van der Waals surface area (Å²) in [6.07, 6.45) is 8.66. The molecule has 2 aromatic rings. The second-order valence-electron chi connectivity index (χ2n) is 8.48. The number of pyridine rings is 1. The Bertz CT molecular complexity index is 854. The van der Waals surface area contributed by atoms with Crippen molar-refractivity contribution >= 4 is 24.0 Å². The number of aryl methyl sites for hydroxylation is 1. The van der Waals surface area contributed by atoms with Crippen molar-refractivity contribution in [3.63, 3.8) is 0 Å².